The van der Waals surface area contributed by atoms with Gasteiger partial charge in [-0.25, -0.2) is 0 Å². The minimum absolute atomic E-state index is 0.0652. The van der Waals surface area contributed by atoms with Crippen molar-refractivity contribution < 1.29 is 38.1 Å². The number of hydrogen-bond acceptors (Lipinski definition) is 8. The number of aryl methyl sites for hydroxylation is 1. The third kappa shape index (κ3) is 3.33. The maximum Gasteiger partial charge on any atom is 0.300 e. The van der Waals surface area contributed by atoms with Crippen molar-refractivity contribution in [1.29, 1.82) is 0 Å². The predicted octanol–water partition coefficient (Wildman–Crippen LogP) is 3.96. The molecule has 0 radical (unpaired) electrons. The lowest BCUT2D eigenvalue weighted by Crippen LogP contribution is -2.29. The average Bonchev–Trinajstić information content (AvgIpc) is 3.56. The molecule has 0 saturated carbocycles. The van der Waals surface area contributed by atoms with Crippen LogP contribution in [-0.2, 0) is 9.59 Å². The number of nitrogens with zero attached hydrogens (tertiary/aromatic N) is 1. The summed E-state index contributed by atoms with van der Waals surface area (Å²) in [4.78, 5) is 27.8. The fourth-order valence-corrected chi connectivity index (χ4v) is 4.14. The van der Waals surface area contributed by atoms with Crippen molar-refractivity contribution in [3.8, 4) is 23.0 Å². The topological polar surface area (TPSA) is 108 Å². The quantitative estimate of drug-likeness (QED) is 0.344. The van der Waals surface area contributed by atoms with Crippen molar-refractivity contribution in [3.63, 3.8) is 0 Å². The number of hydrogen-bond donors (Lipinski definition) is 1. The Hall–Kier alpha value is -4.40. The molecule has 2 aliphatic rings. The predicted molar refractivity (Wildman–Crippen MR) is 120 cm³/mol. The number of carbonyl (C=O) groups is 2. The average molecular weight is 463 g/mol. The fourth-order valence-electron chi connectivity index (χ4n) is 4.14. The van der Waals surface area contributed by atoms with E-state index >= 15 is 0 Å². The van der Waals surface area contributed by atoms with Crippen molar-refractivity contribution in [2.75, 3.05) is 25.9 Å². The third-order valence-electron chi connectivity index (χ3n) is 5.77. The molecule has 1 saturated heterocycles. The number of carbonyl (C=O) groups excluding carboxylic acids is 2. The number of furan rings is 1. The number of aliphatic hydroxyl groups is 1. The first-order valence-electron chi connectivity index (χ1n) is 10.4. The van der Waals surface area contributed by atoms with Crippen LogP contribution in [0.3, 0.4) is 0 Å². The minimum atomic E-state index is -1.01. The molecule has 0 aliphatic carbocycles. The van der Waals surface area contributed by atoms with Gasteiger partial charge >= 0.3 is 0 Å². The van der Waals surface area contributed by atoms with Crippen LogP contribution in [0.5, 0.6) is 23.0 Å². The second kappa shape index (κ2) is 8.18. The standard InChI is InChI=1S/C25H21NO8/c1-13-4-8-18(34-13)22-21(23(27)16-7-6-15(30-2)11-19(16)31-3)24(28)25(29)26(22)14-5-9-17-20(10-14)33-12-32-17/h4-11,22,27H,12H2,1-3H3/b23-21-. The van der Waals surface area contributed by atoms with E-state index in [-0.39, 0.29) is 29.4 Å². The lowest BCUT2D eigenvalue weighted by Gasteiger charge is -2.23. The fraction of sp³-hybridized carbons (Fsp3) is 0.200. The number of Topliss-reactive ketones (excluding diaryl/α,β-unsaturated/α-hetero) is 1. The number of rotatable bonds is 5. The van der Waals surface area contributed by atoms with E-state index < -0.39 is 17.7 Å². The molecule has 3 heterocycles. The normalized spacial score (nSPS) is 18.4. The third-order valence-corrected chi connectivity index (χ3v) is 5.77. The number of amides is 1. The summed E-state index contributed by atoms with van der Waals surface area (Å²) < 4.78 is 27.2. The number of fused-ring (bicyclic) bond motifs is 1. The summed E-state index contributed by atoms with van der Waals surface area (Å²) in [7, 11) is 2.94. The zero-order chi connectivity index (χ0) is 24.0. The molecule has 1 atom stereocenters. The summed E-state index contributed by atoms with van der Waals surface area (Å²) in [6.07, 6.45) is 0. The van der Waals surface area contributed by atoms with Gasteiger partial charge in [-0.05, 0) is 43.3 Å². The van der Waals surface area contributed by atoms with E-state index in [0.29, 0.717) is 34.5 Å². The summed E-state index contributed by atoms with van der Waals surface area (Å²) in [5, 5.41) is 11.3. The second-order valence-corrected chi connectivity index (χ2v) is 7.72. The lowest BCUT2D eigenvalue weighted by atomic mass is 9.98. The Labute approximate surface area is 194 Å². The summed E-state index contributed by atoms with van der Waals surface area (Å²) in [5.74, 6) is 0.628. The highest BCUT2D eigenvalue weighted by atomic mass is 16.7. The molecule has 34 heavy (non-hydrogen) atoms. The SMILES string of the molecule is COc1ccc(/C(O)=C2/C(=O)C(=O)N(c3ccc4c(c3)OCO4)C2c2ccc(C)o2)c(OC)c1. The molecule has 2 aromatic carbocycles. The number of anilines is 1. The van der Waals surface area contributed by atoms with Gasteiger partial charge in [0.2, 0.25) is 6.79 Å². The molecular formula is C25H21NO8. The van der Waals surface area contributed by atoms with E-state index in [1.54, 1.807) is 55.5 Å². The van der Waals surface area contributed by atoms with Crippen molar-refractivity contribution >= 4 is 23.1 Å². The molecule has 1 aromatic heterocycles. The number of ketones is 1. The van der Waals surface area contributed by atoms with Crippen LogP contribution in [0.25, 0.3) is 5.76 Å². The number of methoxy groups -OCH3 is 2. The van der Waals surface area contributed by atoms with Crippen LogP contribution >= 0.6 is 0 Å². The molecule has 9 heteroatoms. The van der Waals surface area contributed by atoms with E-state index in [0.717, 1.165) is 0 Å². The highest BCUT2D eigenvalue weighted by Gasteiger charge is 2.49. The van der Waals surface area contributed by atoms with Gasteiger partial charge in [0.15, 0.2) is 11.5 Å². The summed E-state index contributed by atoms with van der Waals surface area (Å²) in [5.41, 5.74) is 0.506. The molecule has 2 aliphatic heterocycles. The van der Waals surface area contributed by atoms with Gasteiger partial charge < -0.3 is 28.5 Å². The molecule has 5 rings (SSSR count). The highest BCUT2D eigenvalue weighted by molar-refractivity contribution is 6.51. The van der Waals surface area contributed by atoms with E-state index in [1.165, 1.54) is 19.1 Å². The van der Waals surface area contributed by atoms with Gasteiger partial charge in [0.05, 0.1) is 25.4 Å². The Morgan fingerprint density at radius 2 is 1.79 bits per heavy atom. The van der Waals surface area contributed by atoms with E-state index in [2.05, 4.69) is 0 Å². The molecular weight excluding hydrogens is 442 g/mol. The maximum atomic E-state index is 13.3. The van der Waals surface area contributed by atoms with Crippen LogP contribution in [0.15, 0.2) is 58.5 Å². The van der Waals surface area contributed by atoms with E-state index in [4.69, 9.17) is 23.4 Å². The van der Waals surface area contributed by atoms with Crippen LogP contribution in [0.4, 0.5) is 5.69 Å². The number of aliphatic hydroxyl groups excluding tert-OH is 1. The highest BCUT2D eigenvalue weighted by Crippen LogP contribution is 2.46. The lowest BCUT2D eigenvalue weighted by molar-refractivity contribution is -0.132. The van der Waals surface area contributed by atoms with Gasteiger partial charge in [-0.1, -0.05) is 0 Å². The van der Waals surface area contributed by atoms with Crippen LogP contribution < -0.4 is 23.8 Å². The van der Waals surface area contributed by atoms with Gasteiger partial charge in [-0.15, -0.1) is 0 Å². The largest absolute Gasteiger partial charge is 0.507 e. The molecule has 1 fully saturated rings. The number of ether oxygens (including phenoxy) is 4. The molecule has 0 spiro atoms. The summed E-state index contributed by atoms with van der Waals surface area (Å²) in [6, 6.07) is 12.1. The van der Waals surface area contributed by atoms with Crippen LogP contribution in [0.2, 0.25) is 0 Å². The molecule has 0 bridgehead atoms. The van der Waals surface area contributed by atoms with Crippen molar-refractivity contribution in [2.24, 2.45) is 0 Å². The first-order chi connectivity index (χ1) is 16.4. The zero-order valence-corrected chi connectivity index (χ0v) is 18.7. The Bertz CT molecular complexity index is 1340. The number of benzene rings is 2. The van der Waals surface area contributed by atoms with Crippen LogP contribution in [-0.4, -0.2) is 37.8 Å². The Morgan fingerprint density at radius 3 is 2.50 bits per heavy atom. The minimum Gasteiger partial charge on any atom is -0.507 e. The molecule has 1 N–H and O–H groups in total. The van der Waals surface area contributed by atoms with E-state index in [9.17, 15) is 14.7 Å². The van der Waals surface area contributed by atoms with Gasteiger partial charge in [0.25, 0.3) is 11.7 Å². The molecule has 3 aromatic rings. The molecule has 1 amide bonds. The maximum absolute atomic E-state index is 13.3. The first-order valence-corrected chi connectivity index (χ1v) is 10.4. The Balaban J connectivity index is 1.70. The van der Waals surface area contributed by atoms with Gasteiger partial charge in [-0.2, -0.15) is 0 Å². The zero-order valence-electron chi connectivity index (χ0n) is 18.7. The van der Waals surface area contributed by atoms with Gasteiger partial charge in [0.1, 0.15) is 34.8 Å². The van der Waals surface area contributed by atoms with Gasteiger partial charge in [0, 0.05) is 17.8 Å². The Kier molecular flexibility index (Phi) is 5.16. The monoisotopic (exact) mass is 463 g/mol. The van der Waals surface area contributed by atoms with Crippen molar-refractivity contribution in [3.05, 3.63) is 71.2 Å². The molecule has 1 unspecified atom stereocenters. The van der Waals surface area contributed by atoms with Crippen LogP contribution in [0, 0.1) is 6.92 Å². The summed E-state index contributed by atoms with van der Waals surface area (Å²) >= 11 is 0. The van der Waals surface area contributed by atoms with E-state index in [1.807, 2.05) is 0 Å². The smallest absolute Gasteiger partial charge is 0.300 e. The molecule has 174 valence electrons. The summed E-state index contributed by atoms with van der Waals surface area (Å²) in [6.45, 7) is 1.82. The van der Waals surface area contributed by atoms with Crippen molar-refractivity contribution in [2.45, 2.75) is 13.0 Å². The first kappa shape index (κ1) is 21.4. The van der Waals surface area contributed by atoms with Crippen LogP contribution in [0.1, 0.15) is 23.1 Å². The Morgan fingerprint density at radius 1 is 1.00 bits per heavy atom. The second-order valence-electron chi connectivity index (χ2n) is 7.72. The van der Waals surface area contributed by atoms with Crippen molar-refractivity contribution in [1.82, 2.24) is 0 Å². The molecule has 9 nitrogen and oxygen atoms in total. The van der Waals surface area contributed by atoms with Gasteiger partial charge in [-0.3, -0.25) is 14.5 Å².